The van der Waals surface area contributed by atoms with E-state index >= 15 is 0 Å². The number of nitrogens with one attached hydrogen (secondary N) is 2. The maximum absolute atomic E-state index is 11.6. The van der Waals surface area contributed by atoms with Crippen molar-refractivity contribution in [2.75, 3.05) is 26.8 Å². The molecule has 126 valence electrons. The molecule has 1 atom stereocenters. The summed E-state index contributed by atoms with van der Waals surface area (Å²) in [5.41, 5.74) is -1.02. The van der Waals surface area contributed by atoms with Crippen molar-refractivity contribution in [3.63, 3.8) is 0 Å². The number of Topliss-reactive ketones (excluding diaryl/α,β-unsaturated/α-hetero) is 1. The van der Waals surface area contributed by atoms with E-state index in [0.717, 1.165) is 7.11 Å². The highest BCUT2D eigenvalue weighted by Crippen LogP contribution is 2.19. The van der Waals surface area contributed by atoms with Crippen molar-refractivity contribution in [1.29, 1.82) is 0 Å². The standard InChI is InChI=1S/C13H22N2O7/c1-13(2,7-16)10(19)12(21)14-5-4-8(17)11(20)15-6-9(18)22-3/h10,16,19H,4-7H2,1-3H3,(H,14,21)(H,15,20). The van der Waals surface area contributed by atoms with Crippen LogP contribution in [0, 0.1) is 5.41 Å². The molecule has 0 heterocycles. The number of hydrogen-bond donors (Lipinski definition) is 4. The lowest BCUT2D eigenvalue weighted by Crippen LogP contribution is -2.46. The molecule has 0 aliphatic heterocycles. The zero-order chi connectivity index (χ0) is 17.3. The lowest BCUT2D eigenvalue weighted by Gasteiger charge is -2.27. The van der Waals surface area contributed by atoms with Gasteiger partial charge in [0, 0.05) is 18.4 Å². The number of rotatable bonds is 9. The molecule has 0 spiro atoms. The Balaban J connectivity index is 4.14. The lowest BCUT2D eigenvalue weighted by atomic mass is 9.87. The molecule has 0 saturated heterocycles. The van der Waals surface area contributed by atoms with Crippen LogP contribution >= 0.6 is 0 Å². The molecule has 9 heteroatoms. The summed E-state index contributed by atoms with van der Waals surface area (Å²) in [6.07, 6.45) is -1.73. The van der Waals surface area contributed by atoms with Gasteiger partial charge in [-0.25, -0.2) is 0 Å². The third-order valence-corrected chi connectivity index (χ3v) is 2.92. The van der Waals surface area contributed by atoms with E-state index in [0.29, 0.717) is 0 Å². The first-order valence-corrected chi connectivity index (χ1v) is 6.60. The minimum Gasteiger partial charge on any atom is -0.468 e. The molecule has 0 radical (unpaired) electrons. The number of aliphatic hydroxyl groups excluding tert-OH is 2. The Labute approximate surface area is 128 Å². The normalized spacial score (nSPS) is 12.2. The molecule has 4 N–H and O–H groups in total. The fourth-order valence-corrected chi connectivity index (χ4v) is 1.27. The van der Waals surface area contributed by atoms with Crippen LogP contribution in [0.5, 0.6) is 0 Å². The van der Waals surface area contributed by atoms with Crippen molar-refractivity contribution in [3.8, 4) is 0 Å². The van der Waals surface area contributed by atoms with Gasteiger partial charge < -0.3 is 25.6 Å². The van der Waals surface area contributed by atoms with Crippen LogP contribution in [-0.4, -0.2) is 66.7 Å². The Bertz CT molecular complexity index is 434. The first-order chi connectivity index (χ1) is 10.2. The number of aliphatic hydroxyl groups is 2. The molecule has 0 aromatic heterocycles. The Morgan fingerprint density at radius 2 is 1.77 bits per heavy atom. The van der Waals surface area contributed by atoms with Gasteiger partial charge in [0.05, 0.1) is 13.7 Å². The molecule has 0 aromatic carbocycles. The number of esters is 1. The molecule has 0 fully saturated rings. The predicted octanol–water partition coefficient (Wildman–Crippen LogP) is -2.27. The van der Waals surface area contributed by atoms with Gasteiger partial charge in [-0.2, -0.15) is 0 Å². The molecule has 2 amide bonds. The highest BCUT2D eigenvalue weighted by atomic mass is 16.5. The van der Waals surface area contributed by atoms with Crippen molar-refractivity contribution >= 4 is 23.6 Å². The number of amides is 2. The second kappa shape index (κ2) is 9.11. The number of carbonyl (C=O) groups is 4. The highest BCUT2D eigenvalue weighted by Gasteiger charge is 2.32. The molecular formula is C13H22N2O7. The lowest BCUT2D eigenvalue weighted by molar-refractivity contribution is -0.143. The maximum atomic E-state index is 11.6. The van der Waals surface area contributed by atoms with Gasteiger partial charge in [0.15, 0.2) is 0 Å². The predicted molar refractivity (Wildman–Crippen MR) is 74.5 cm³/mol. The van der Waals surface area contributed by atoms with Crippen LogP contribution in [0.3, 0.4) is 0 Å². The van der Waals surface area contributed by atoms with Gasteiger partial charge in [-0.3, -0.25) is 19.2 Å². The summed E-state index contributed by atoms with van der Waals surface area (Å²) in [6.45, 7) is 2.04. The Morgan fingerprint density at radius 3 is 2.27 bits per heavy atom. The zero-order valence-corrected chi connectivity index (χ0v) is 12.8. The quantitative estimate of drug-likeness (QED) is 0.277. The topological polar surface area (TPSA) is 142 Å². The second-order valence-electron chi connectivity index (χ2n) is 5.27. The molecule has 1 unspecified atom stereocenters. The average molecular weight is 318 g/mol. The third kappa shape index (κ3) is 6.64. The van der Waals surface area contributed by atoms with E-state index in [1.54, 1.807) is 0 Å². The number of ether oxygens (including phenoxy) is 1. The van der Waals surface area contributed by atoms with Crippen molar-refractivity contribution in [1.82, 2.24) is 10.6 Å². The van der Waals surface area contributed by atoms with E-state index in [1.807, 2.05) is 0 Å². The average Bonchev–Trinajstić information content (AvgIpc) is 2.50. The third-order valence-electron chi connectivity index (χ3n) is 2.92. The number of hydrogen-bond acceptors (Lipinski definition) is 7. The minimum atomic E-state index is -1.44. The summed E-state index contributed by atoms with van der Waals surface area (Å²) >= 11 is 0. The van der Waals surface area contributed by atoms with Crippen molar-refractivity contribution < 1.29 is 34.1 Å². The van der Waals surface area contributed by atoms with Crippen LogP contribution in [0.4, 0.5) is 0 Å². The summed E-state index contributed by atoms with van der Waals surface area (Å²) < 4.78 is 4.29. The minimum absolute atomic E-state index is 0.151. The summed E-state index contributed by atoms with van der Waals surface area (Å²) in [5, 5.41) is 23.1. The fraction of sp³-hybridized carbons (Fsp3) is 0.692. The monoisotopic (exact) mass is 318 g/mol. The summed E-state index contributed by atoms with van der Waals surface area (Å²) in [6, 6.07) is 0. The van der Waals surface area contributed by atoms with Crippen molar-refractivity contribution in [2.24, 2.45) is 5.41 Å². The first kappa shape index (κ1) is 20.0. The molecule has 0 aliphatic rings. The van der Waals surface area contributed by atoms with Crippen LogP contribution in [-0.2, 0) is 23.9 Å². The van der Waals surface area contributed by atoms with E-state index in [2.05, 4.69) is 15.4 Å². The zero-order valence-electron chi connectivity index (χ0n) is 12.8. The van der Waals surface area contributed by atoms with Crippen LogP contribution in [0.2, 0.25) is 0 Å². The van der Waals surface area contributed by atoms with Gasteiger partial charge >= 0.3 is 5.97 Å². The summed E-state index contributed by atoms with van der Waals surface area (Å²) in [5.74, 6) is -3.22. The van der Waals surface area contributed by atoms with Crippen LogP contribution in [0.25, 0.3) is 0 Å². The molecule has 9 nitrogen and oxygen atoms in total. The fourth-order valence-electron chi connectivity index (χ4n) is 1.27. The van der Waals surface area contributed by atoms with E-state index in [-0.39, 0.29) is 13.0 Å². The van der Waals surface area contributed by atoms with Gasteiger partial charge in [-0.05, 0) is 0 Å². The molecule has 0 saturated carbocycles. The second-order valence-corrected chi connectivity index (χ2v) is 5.27. The number of methoxy groups -OCH3 is 1. The van der Waals surface area contributed by atoms with Gasteiger partial charge in [0.2, 0.25) is 11.7 Å². The molecule has 0 aromatic rings. The summed E-state index contributed by atoms with van der Waals surface area (Å²) in [7, 11) is 1.14. The van der Waals surface area contributed by atoms with Gasteiger partial charge in [-0.15, -0.1) is 0 Å². The molecule has 0 rings (SSSR count). The number of carbonyl (C=O) groups excluding carboxylic acids is 4. The highest BCUT2D eigenvalue weighted by molar-refractivity contribution is 6.36. The molecule has 0 bridgehead atoms. The van der Waals surface area contributed by atoms with Gasteiger partial charge in [-0.1, -0.05) is 13.8 Å². The number of ketones is 1. The largest absolute Gasteiger partial charge is 0.468 e. The van der Waals surface area contributed by atoms with E-state index in [9.17, 15) is 24.3 Å². The molecule has 22 heavy (non-hydrogen) atoms. The van der Waals surface area contributed by atoms with Gasteiger partial charge in [0.25, 0.3) is 5.91 Å². The smallest absolute Gasteiger partial charge is 0.325 e. The molecule has 0 aliphatic carbocycles. The van der Waals surface area contributed by atoms with E-state index in [4.69, 9.17) is 5.11 Å². The van der Waals surface area contributed by atoms with Crippen LogP contribution in [0.15, 0.2) is 0 Å². The first-order valence-electron chi connectivity index (χ1n) is 6.60. The van der Waals surface area contributed by atoms with E-state index in [1.165, 1.54) is 13.8 Å². The van der Waals surface area contributed by atoms with Crippen LogP contribution in [0.1, 0.15) is 20.3 Å². The van der Waals surface area contributed by atoms with Gasteiger partial charge in [0.1, 0.15) is 12.6 Å². The summed E-state index contributed by atoms with van der Waals surface area (Å²) in [4.78, 5) is 45.1. The molecular weight excluding hydrogens is 296 g/mol. The van der Waals surface area contributed by atoms with Crippen LogP contribution < -0.4 is 10.6 Å². The Kier molecular flexibility index (Phi) is 8.28. The maximum Gasteiger partial charge on any atom is 0.325 e. The SMILES string of the molecule is COC(=O)CNC(=O)C(=O)CCNC(=O)C(O)C(C)(C)CO. The Hall–Kier alpha value is -2.00. The van der Waals surface area contributed by atoms with Crippen molar-refractivity contribution in [3.05, 3.63) is 0 Å². The van der Waals surface area contributed by atoms with Crippen molar-refractivity contribution in [2.45, 2.75) is 26.4 Å². The Morgan fingerprint density at radius 1 is 1.18 bits per heavy atom. The van der Waals surface area contributed by atoms with E-state index < -0.39 is 48.2 Å².